The quantitative estimate of drug-likeness (QED) is 0.0717. The van der Waals surface area contributed by atoms with Gasteiger partial charge in [-0.3, -0.25) is 24.0 Å². The zero-order valence-corrected chi connectivity index (χ0v) is 32.9. The van der Waals surface area contributed by atoms with Crippen LogP contribution in [0.15, 0.2) is 91.1 Å². The number of aliphatic hydroxyl groups is 2. The van der Waals surface area contributed by atoms with E-state index in [1.807, 2.05) is 84.9 Å². The predicted molar refractivity (Wildman–Crippen MR) is 215 cm³/mol. The number of aromatic amines is 1. The van der Waals surface area contributed by atoms with Gasteiger partial charge in [-0.25, -0.2) is 0 Å². The van der Waals surface area contributed by atoms with E-state index in [0.717, 1.165) is 27.6 Å². The van der Waals surface area contributed by atoms with Crippen molar-refractivity contribution in [2.45, 2.75) is 103 Å². The number of fused-ring (bicyclic) bond motifs is 1. The average molecular weight is 769 g/mol. The molecule has 4 rings (SSSR count). The number of benzene rings is 3. The average Bonchev–Trinajstić information content (AvgIpc) is 3.57. The molecule has 0 saturated carbocycles. The smallest absolute Gasteiger partial charge is 0.243 e. The van der Waals surface area contributed by atoms with E-state index in [2.05, 4.69) is 31.6 Å². The summed E-state index contributed by atoms with van der Waals surface area (Å²) in [4.78, 5) is 69.0. The third-order valence-electron chi connectivity index (χ3n) is 9.77. The summed E-state index contributed by atoms with van der Waals surface area (Å²) >= 11 is 0. The van der Waals surface area contributed by atoms with Crippen LogP contribution in [0, 0.1) is 11.8 Å². The lowest BCUT2D eigenvalue weighted by Gasteiger charge is -2.35. The van der Waals surface area contributed by atoms with E-state index in [4.69, 9.17) is 0 Å². The molecule has 0 fully saturated rings. The Labute approximate surface area is 328 Å². The first-order chi connectivity index (χ1) is 26.6. The first-order valence-electron chi connectivity index (χ1n) is 19.1. The Balaban J connectivity index is 1.60. The molecule has 0 bridgehead atoms. The van der Waals surface area contributed by atoms with Crippen molar-refractivity contribution >= 4 is 40.4 Å². The first-order valence-corrected chi connectivity index (χ1v) is 19.1. The molecule has 5 amide bonds. The molecule has 7 atom stereocenters. The molecule has 1 heterocycles. The zero-order valence-electron chi connectivity index (χ0n) is 32.9. The fourth-order valence-corrected chi connectivity index (χ4v) is 6.79. The van der Waals surface area contributed by atoms with Crippen molar-refractivity contribution in [3.05, 3.63) is 108 Å². The lowest BCUT2D eigenvalue weighted by Crippen LogP contribution is -2.62. The molecule has 13 nitrogen and oxygen atoms in total. The normalized spacial score (nSPS) is 15.2. The molecule has 8 N–H and O–H groups in total. The molecule has 13 heteroatoms. The Bertz CT molecular complexity index is 1920. The minimum Gasteiger partial charge on any atom is -0.388 e. The summed E-state index contributed by atoms with van der Waals surface area (Å²) in [7, 11) is 0. The summed E-state index contributed by atoms with van der Waals surface area (Å²) in [5, 5.41) is 38.7. The number of hydrogen-bond donors (Lipinski definition) is 8. The van der Waals surface area contributed by atoms with Crippen LogP contribution in [0.25, 0.3) is 10.9 Å². The Morgan fingerprint density at radius 2 is 1.00 bits per heavy atom. The predicted octanol–water partition coefficient (Wildman–Crippen LogP) is 2.69. The van der Waals surface area contributed by atoms with Gasteiger partial charge in [0.25, 0.3) is 0 Å². The van der Waals surface area contributed by atoms with Crippen molar-refractivity contribution in [1.82, 2.24) is 31.6 Å². The molecule has 1 aromatic heterocycles. The highest BCUT2D eigenvalue weighted by molar-refractivity contribution is 5.93. The van der Waals surface area contributed by atoms with Crippen LogP contribution in [0.1, 0.15) is 58.2 Å². The Morgan fingerprint density at radius 1 is 0.554 bits per heavy atom. The second-order valence-corrected chi connectivity index (χ2v) is 15.1. The highest BCUT2D eigenvalue weighted by Gasteiger charge is 2.38. The van der Waals surface area contributed by atoms with Gasteiger partial charge in [0, 0.05) is 37.4 Å². The van der Waals surface area contributed by atoms with Gasteiger partial charge in [0.2, 0.25) is 29.5 Å². The van der Waals surface area contributed by atoms with E-state index in [1.165, 1.54) is 13.8 Å². The number of amides is 5. The van der Waals surface area contributed by atoms with E-state index in [0.29, 0.717) is 0 Å². The maximum absolute atomic E-state index is 14.2. The lowest BCUT2D eigenvalue weighted by atomic mass is 9.90. The number of aromatic nitrogens is 1. The summed E-state index contributed by atoms with van der Waals surface area (Å²) in [5.74, 6) is -3.21. The molecule has 0 aliphatic heterocycles. The van der Waals surface area contributed by atoms with Crippen molar-refractivity contribution in [1.29, 1.82) is 0 Å². The molecule has 0 saturated heterocycles. The summed E-state index contributed by atoms with van der Waals surface area (Å²) in [6.07, 6.45) is -1.01. The van der Waals surface area contributed by atoms with Gasteiger partial charge in [0.05, 0.1) is 12.1 Å². The number of carbonyl (C=O) groups is 5. The van der Waals surface area contributed by atoms with Crippen molar-refractivity contribution < 1.29 is 34.2 Å². The molecular formula is C43H56N6O7. The highest BCUT2D eigenvalue weighted by atomic mass is 16.3. The Morgan fingerprint density at radius 3 is 1.46 bits per heavy atom. The van der Waals surface area contributed by atoms with Crippen LogP contribution in [0.5, 0.6) is 0 Å². The SMILES string of the molecule is CC(=O)N[C@@H](Cc1c[nH]c2ccccc12)C(=O)N[C@H](C(=O)N[C@@H](Cc1ccccc1)[C@H](O)[C@@H](O)[C@H](Cc1ccccc1)NC(=O)[C@@H](NC(C)=O)C(C)C)C(C)C. The zero-order chi connectivity index (χ0) is 40.9. The van der Waals surface area contributed by atoms with Crippen molar-refractivity contribution in [2.24, 2.45) is 11.8 Å². The van der Waals surface area contributed by atoms with Crippen LogP contribution in [-0.2, 0) is 43.2 Å². The molecular weight excluding hydrogens is 713 g/mol. The van der Waals surface area contributed by atoms with Gasteiger partial charge in [-0.15, -0.1) is 0 Å². The van der Waals surface area contributed by atoms with Crippen molar-refractivity contribution in [2.75, 3.05) is 0 Å². The number of hydrogen-bond acceptors (Lipinski definition) is 7. The molecule has 0 aliphatic carbocycles. The lowest BCUT2D eigenvalue weighted by molar-refractivity contribution is -0.134. The fraction of sp³-hybridized carbons (Fsp3) is 0.419. The summed E-state index contributed by atoms with van der Waals surface area (Å²) in [5.41, 5.74) is 3.23. The second-order valence-electron chi connectivity index (χ2n) is 15.1. The molecule has 0 aliphatic rings. The second kappa shape index (κ2) is 20.4. The van der Waals surface area contributed by atoms with Gasteiger partial charge in [-0.2, -0.15) is 0 Å². The van der Waals surface area contributed by atoms with Gasteiger partial charge < -0.3 is 41.8 Å². The van der Waals surface area contributed by atoms with Crippen molar-refractivity contribution in [3.8, 4) is 0 Å². The van der Waals surface area contributed by atoms with E-state index in [-0.39, 0.29) is 25.2 Å². The summed E-state index contributed by atoms with van der Waals surface area (Å²) in [6, 6.07) is 20.8. The van der Waals surface area contributed by atoms with Crippen LogP contribution < -0.4 is 26.6 Å². The van der Waals surface area contributed by atoms with E-state index < -0.39 is 77.9 Å². The van der Waals surface area contributed by atoms with Gasteiger partial charge >= 0.3 is 0 Å². The first kappa shape index (κ1) is 43.2. The van der Waals surface area contributed by atoms with Gasteiger partial charge in [0.15, 0.2) is 0 Å². The number of rotatable bonds is 19. The Kier molecular flexibility index (Phi) is 15.7. The fourth-order valence-electron chi connectivity index (χ4n) is 6.79. The minimum atomic E-state index is -1.61. The topological polar surface area (TPSA) is 202 Å². The molecule has 0 radical (unpaired) electrons. The third-order valence-corrected chi connectivity index (χ3v) is 9.77. The summed E-state index contributed by atoms with van der Waals surface area (Å²) in [6.45, 7) is 9.73. The number of carbonyl (C=O) groups excluding carboxylic acids is 5. The minimum absolute atomic E-state index is 0.102. The molecule has 0 spiro atoms. The largest absolute Gasteiger partial charge is 0.388 e. The molecule has 3 aromatic carbocycles. The van der Waals surface area contributed by atoms with Crippen LogP contribution in [0.2, 0.25) is 0 Å². The number of aliphatic hydroxyl groups excluding tert-OH is 2. The standard InChI is InChI=1S/C43H56N6O7/c1-25(2)37(46-28(6)51)42(55)47-34(21-29-15-9-7-10-16-29)39(52)40(53)35(22-30-17-11-8-12-18-30)48-43(56)38(26(3)4)49-41(54)36(45-27(5)50)23-31-24-44-33-20-14-13-19-32(31)33/h7-20,24-26,34-40,44,52-53H,21-23H2,1-6H3,(H,45,50)(H,46,51)(H,47,55)(H,48,56)(H,49,54)/t34-,35-,36-,37-,38-,39-,40-/m0/s1. The molecule has 300 valence electrons. The summed E-state index contributed by atoms with van der Waals surface area (Å²) < 4.78 is 0. The van der Waals surface area contributed by atoms with Crippen LogP contribution >= 0.6 is 0 Å². The van der Waals surface area contributed by atoms with Gasteiger partial charge in [-0.1, -0.05) is 107 Å². The van der Waals surface area contributed by atoms with Crippen LogP contribution in [0.3, 0.4) is 0 Å². The van der Waals surface area contributed by atoms with Crippen LogP contribution in [-0.4, -0.2) is 87.2 Å². The number of H-pyrrole nitrogens is 1. The van der Waals surface area contributed by atoms with Gasteiger partial charge in [0.1, 0.15) is 30.3 Å². The van der Waals surface area contributed by atoms with E-state index in [9.17, 15) is 34.2 Å². The van der Waals surface area contributed by atoms with Gasteiger partial charge in [-0.05, 0) is 47.4 Å². The van der Waals surface area contributed by atoms with Crippen molar-refractivity contribution in [3.63, 3.8) is 0 Å². The van der Waals surface area contributed by atoms with E-state index >= 15 is 0 Å². The third kappa shape index (κ3) is 12.2. The molecule has 0 unspecified atom stereocenters. The van der Waals surface area contributed by atoms with Crippen LogP contribution in [0.4, 0.5) is 0 Å². The monoisotopic (exact) mass is 768 g/mol. The number of para-hydroxylation sites is 1. The number of nitrogens with one attached hydrogen (secondary N) is 6. The molecule has 4 aromatic rings. The maximum Gasteiger partial charge on any atom is 0.243 e. The van der Waals surface area contributed by atoms with E-state index in [1.54, 1.807) is 33.9 Å². The molecule has 56 heavy (non-hydrogen) atoms. The maximum atomic E-state index is 14.2. The Hall–Kier alpha value is -5.53. The highest BCUT2D eigenvalue weighted by Crippen LogP contribution is 2.20.